The minimum Gasteiger partial charge on any atom is -0.341 e. The van der Waals surface area contributed by atoms with Crippen LogP contribution in [0.1, 0.15) is 18.4 Å². The van der Waals surface area contributed by atoms with Gasteiger partial charge in [-0.1, -0.05) is 41.4 Å². The lowest BCUT2D eigenvalue weighted by atomic mass is 9.96. The van der Waals surface area contributed by atoms with Gasteiger partial charge in [-0.25, -0.2) is 9.97 Å². The number of aryl methyl sites for hydroxylation is 1. The fraction of sp³-hybridized carbons (Fsp3) is 0.261. The van der Waals surface area contributed by atoms with Crippen molar-refractivity contribution in [1.82, 2.24) is 9.97 Å². The fourth-order valence-electron chi connectivity index (χ4n) is 3.58. The van der Waals surface area contributed by atoms with E-state index in [1.54, 1.807) is 12.1 Å². The molecule has 4 rings (SSSR count). The molecule has 0 radical (unpaired) electrons. The highest BCUT2D eigenvalue weighted by Gasteiger charge is 2.26. The first-order valence-corrected chi connectivity index (χ1v) is 10.2. The highest BCUT2D eigenvalue weighted by atomic mass is 35.5. The molecule has 0 bridgehead atoms. The monoisotopic (exact) mass is 406 g/mol. The summed E-state index contributed by atoms with van der Waals surface area (Å²) < 4.78 is 0. The smallest absolute Gasteiger partial charge is 0.227 e. The summed E-state index contributed by atoms with van der Waals surface area (Å²) in [5, 5.41) is 3.63. The second-order valence-electron chi connectivity index (χ2n) is 7.40. The Labute approximate surface area is 175 Å². The molecule has 2 aromatic carbocycles. The van der Waals surface area contributed by atoms with Crippen LogP contribution in [-0.4, -0.2) is 29.0 Å². The predicted octanol–water partition coefficient (Wildman–Crippen LogP) is 4.96. The Morgan fingerprint density at radius 1 is 1.03 bits per heavy atom. The summed E-state index contributed by atoms with van der Waals surface area (Å²) in [7, 11) is 0. The maximum Gasteiger partial charge on any atom is 0.227 e. The van der Waals surface area contributed by atoms with Crippen LogP contribution < -0.4 is 10.2 Å². The highest BCUT2D eigenvalue weighted by molar-refractivity contribution is 6.30. The third-order valence-corrected chi connectivity index (χ3v) is 5.50. The van der Waals surface area contributed by atoms with E-state index in [1.165, 1.54) is 5.56 Å². The summed E-state index contributed by atoms with van der Waals surface area (Å²) in [6.07, 6.45) is 5.30. The number of piperidine rings is 1. The summed E-state index contributed by atoms with van der Waals surface area (Å²) in [6.45, 7) is 3.61. The van der Waals surface area contributed by atoms with Crippen molar-refractivity contribution in [2.24, 2.45) is 5.92 Å². The number of amides is 1. The zero-order chi connectivity index (χ0) is 20.2. The number of halogens is 1. The highest BCUT2D eigenvalue weighted by Crippen LogP contribution is 2.24. The maximum absolute atomic E-state index is 12.5. The van der Waals surface area contributed by atoms with Gasteiger partial charge in [0.2, 0.25) is 11.9 Å². The molecule has 148 valence electrons. The first kappa shape index (κ1) is 19.4. The maximum atomic E-state index is 12.5. The number of anilines is 2. The number of carbonyl (C=O) groups excluding carboxylic acids is 1. The molecule has 0 saturated carbocycles. The topological polar surface area (TPSA) is 58.1 Å². The Balaban J connectivity index is 1.34. The Morgan fingerprint density at radius 3 is 2.38 bits per heavy atom. The summed E-state index contributed by atoms with van der Waals surface area (Å²) >= 11 is 5.89. The van der Waals surface area contributed by atoms with Gasteiger partial charge < -0.3 is 10.2 Å². The number of hydrogen-bond acceptors (Lipinski definition) is 4. The van der Waals surface area contributed by atoms with Crippen molar-refractivity contribution < 1.29 is 4.79 Å². The molecule has 0 aliphatic carbocycles. The van der Waals surface area contributed by atoms with Crippen LogP contribution in [0, 0.1) is 12.8 Å². The van der Waals surface area contributed by atoms with Gasteiger partial charge in [-0.15, -0.1) is 0 Å². The molecule has 0 spiro atoms. The third kappa shape index (κ3) is 4.74. The van der Waals surface area contributed by atoms with Crippen LogP contribution in [0.5, 0.6) is 0 Å². The molecule has 6 heteroatoms. The van der Waals surface area contributed by atoms with Crippen LogP contribution in [-0.2, 0) is 4.79 Å². The third-order valence-electron chi connectivity index (χ3n) is 5.25. The Kier molecular flexibility index (Phi) is 5.76. The Bertz CT molecular complexity index is 981. The van der Waals surface area contributed by atoms with Gasteiger partial charge >= 0.3 is 0 Å². The van der Waals surface area contributed by atoms with E-state index in [-0.39, 0.29) is 11.8 Å². The summed E-state index contributed by atoms with van der Waals surface area (Å²) in [6, 6.07) is 15.5. The van der Waals surface area contributed by atoms with E-state index in [1.807, 2.05) is 30.6 Å². The van der Waals surface area contributed by atoms with Crippen LogP contribution in [0.3, 0.4) is 0 Å². The summed E-state index contributed by atoms with van der Waals surface area (Å²) in [5.41, 5.74) is 4.12. The molecule has 5 nitrogen and oxygen atoms in total. The van der Waals surface area contributed by atoms with Crippen LogP contribution in [0.15, 0.2) is 60.9 Å². The van der Waals surface area contributed by atoms with Crippen molar-refractivity contribution in [2.75, 3.05) is 23.3 Å². The first-order valence-electron chi connectivity index (χ1n) is 9.79. The lowest BCUT2D eigenvalue weighted by molar-refractivity contribution is -0.120. The number of nitrogens with zero attached hydrogens (tertiary/aromatic N) is 3. The number of carbonyl (C=O) groups is 1. The SMILES string of the molecule is Cc1cccc(-c2cnc(N3CCC(C(=O)Nc4ccc(Cl)cc4)CC3)nc2)c1. The van der Waals surface area contributed by atoms with Crippen molar-refractivity contribution in [3.05, 3.63) is 71.5 Å². The van der Waals surface area contributed by atoms with E-state index in [9.17, 15) is 4.79 Å². The largest absolute Gasteiger partial charge is 0.341 e. The van der Waals surface area contributed by atoms with Gasteiger partial charge in [0.25, 0.3) is 0 Å². The van der Waals surface area contributed by atoms with Crippen LogP contribution in [0.25, 0.3) is 11.1 Å². The number of hydrogen-bond donors (Lipinski definition) is 1. The Morgan fingerprint density at radius 2 is 1.72 bits per heavy atom. The normalized spacial score (nSPS) is 14.6. The van der Waals surface area contributed by atoms with E-state index in [0.717, 1.165) is 48.7 Å². The quantitative estimate of drug-likeness (QED) is 0.665. The van der Waals surface area contributed by atoms with E-state index in [0.29, 0.717) is 5.02 Å². The molecular weight excluding hydrogens is 384 g/mol. The summed E-state index contributed by atoms with van der Waals surface area (Å²) in [5.74, 6) is 0.772. The Hall–Kier alpha value is -2.92. The molecule has 1 amide bonds. The lowest BCUT2D eigenvalue weighted by Crippen LogP contribution is -2.39. The first-order chi connectivity index (χ1) is 14.1. The fourth-order valence-corrected chi connectivity index (χ4v) is 3.70. The van der Waals surface area contributed by atoms with E-state index >= 15 is 0 Å². The van der Waals surface area contributed by atoms with Gasteiger partial charge in [0.05, 0.1) is 0 Å². The van der Waals surface area contributed by atoms with Crippen molar-refractivity contribution in [2.45, 2.75) is 19.8 Å². The van der Waals surface area contributed by atoms with Crippen molar-refractivity contribution in [1.29, 1.82) is 0 Å². The standard InChI is InChI=1S/C23H23ClN4O/c1-16-3-2-4-18(13-16)19-14-25-23(26-15-19)28-11-9-17(10-12-28)22(29)27-21-7-5-20(24)6-8-21/h2-8,13-15,17H,9-12H2,1H3,(H,27,29). The molecule has 3 aromatic rings. The van der Waals surface area contributed by atoms with E-state index < -0.39 is 0 Å². The van der Waals surface area contributed by atoms with Gasteiger partial charge in [-0.3, -0.25) is 4.79 Å². The zero-order valence-electron chi connectivity index (χ0n) is 16.3. The second kappa shape index (κ2) is 8.62. The van der Waals surface area contributed by atoms with Gasteiger partial charge in [0.1, 0.15) is 0 Å². The van der Waals surface area contributed by atoms with Crippen molar-refractivity contribution >= 4 is 29.1 Å². The lowest BCUT2D eigenvalue weighted by Gasteiger charge is -2.31. The molecule has 1 aliphatic heterocycles. The van der Waals surface area contributed by atoms with Gasteiger partial charge in [0, 0.05) is 47.7 Å². The zero-order valence-corrected chi connectivity index (χ0v) is 17.1. The number of rotatable bonds is 4. The number of nitrogens with one attached hydrogen (secondary N) is 1. The molecular formula is C23H23ClN4O. The van der Waals surface area contributed by atoms with Gasteiger partial charge in [0.15, 0.2) is 0 Å². The molecule has 2 heterocycles. The van der Waals surface area contributed by atoms with Gasteiger partial charge in [-0.05, 0) is 49.6 Å². The molecule has 1 N–H and O–H groups in total. The van der Waals surface area contributed by atoms with Crippen LogP contribution in [0.4, 0.5) is 11.6 Å². The number of benzene rings is 2. The molecule has 1 saturated heterocycles. The molecule has 0 unspecified atom stereocenters. The average Bonchev–Trinajstić information content (AvgIpc) is 2.75. The minimum atomic E-state index is -0.00602. The number of aromatic nitrogens is 2. The molecule has 1 aliphatic rings. The van der Waals surface area contributed by atoms with Crippen molar-refractivity contribution in [3.8, 4) is 11.1 Å². The molecule has 0 atom stereocenters. The molecule has 29 heavy (non-hydrogen) atoms. The van der Waals surface area contributed by atoms with Crippen molar-refractivity contribution in [3.63, 3.8) is 0 Å². The second-order valence-corrected chi connectivity index (χ2v) is 7.84. The summed E-state index contributed by atoms with van der Waals surface area (Å²) in [4.78, 5) is 23.8. The van der Waals surface area contributed by atoms with Crippen LogP contribution >= 0.6 is 11.6 Å². The minimum absolute atomic E-state index is 0.00602. The van der Waals surface area contributed by atoms with E-state index in [4.69, 9.17) is 11.6 Å². The average molecular weight is 407 g/mol. The van der Waals surface area contributed by atoms with Gasteiger partial charge in [-0.2, -0.15) is 0 Å². The predicted molar refractivity (Wildman–Crippen MR) is 117 cm³/mol. The molecule has 1 fully saturated rings. The molecule has 1 aromatic heterocycles. The van der Waals surface area contributed by atoms with Crippen LogP contribution in [0.2, 0.25) is 5.02 Å². The van der Waals surface area contributed by atoms with E-state index in [2.05, 4.69) is 45.3 Å².